The predicted molar refractivity (Wildman–Crippen MR) is 35.2 cm³/mol. The Morgan fingerprint density at radius 1 is 1.55 bits per heavy atom. The van der Waals surface area contributed by atoms with E-state index in [1.165, 1.54) is 12.1 Å². The van der Waals surface area contributed by atoms with Gasteiger partial charge in [0.05, 0.1) is 0 Å². The van der Waals surface area contributed by atoms with Crippen molar-refractivity contribution in [2.75, 3.05) is 0 Å². The Labute approximate surface area is 62.3 Å². The second-order valence-corrected chi connectivity index (χ2v) is 1.74. The zero-order valence-electron chi connectivity index (χ0n) is 5.43. The minimum atomic E-state index is -1.68. The molecule has 5 nitrogen and oxygen atoms in total. The van der Waals surface area contributed by atoms with E-state index in [1.807, 2.05) is 0 Å². The molecule has 2 N–H and O–H groups in total. The van der Waals surface area contributed by atoms with Gasteiger partial charge in [0.15, 0.2) is 0 Å². The predicted octanol–water partition coefficient (Wildman–Crippen LogP) is -1.51. The molecule has 0 aliphatic heterocycles. The second-order valence-electron chi connectivity index (χ2n) is 1.74. The summed E-state index contributed by atoms with van der Waals surface area (Å²) in [5, 5.41) is 17.0. The summed E-state index contributed by atoms with van der Waals surface area (Å²) in [4.78, 5) is 9.75. The third-order valence-corrected chi connectivity index (χ3v) is 1.02. The van der Waals surface area contributed by atoms with E-state index >= 15 is 0 Å². The first-order valence-electron chi connectivity index (χ1n) is 2.80. The van der Waals surface area contributed by atoms with Crippen molar-refractivity contribution in [1.82, 2.24) is 0 Å². The van der Waals surface area contributed by atoms with Crippen molar-refractivity contribution in [3.05, 3.63) is 12.1 Å². The van der Waals surface area contributed by atoms with E-state index in [4.69, 9.17) is 10.0 Å². The number of hydrogen-bond acceptors (Lipinski definition) is 5. The van der Waals surface area contributed by atoms with Crippen LogP contribution in [-0.2, 0) is 4.79 Å². The van der Waals surface area contributed by atoms with Gasteiger partial charge >= 0.3 is 13.6 Å². The van der Waals surface area contributed by atoms with Crippen molar-refractivity contribution >= 4 is 19.3 Å². The molecule has 58 valence electrons. The number of carbonyl (C=O) groups is 1. The van der Waals surface area contributed by atoms with E-state index in [2.05, 4.69) is 9.15 Å². The SMILES string of the molecule is O=COc1ccc(B(O)O)o1. The van der Waals surface area contributed by atoms with Gasteiger partial charge in [0.25, 0.3) is 5.95 Å². The normalized spacial score (nSPS) is 9.27. The third-order valence-electron chi connectivity index (χ3n) is 1.02. The summed E-state index contributed by atoms with van der Waals surface area (Å²) in [6.45, 7) is 0.187. The quantitative estimate of drug-likeness (QED) is 0.410. The molecule has 0 aromatic carbocycles. The van der Waals surface area contributed by atoms with Crippen LogP contribution in [0.4, 0.5) is 0 Å². The number of furan rings is 1. The topological polar surface area (TPSA) is 79.9 Å². The molecule has 0 unspecified atom stereocenters. The van der Waals surface area contributed by atoms with Gasteiger partial charge < -0.3 is 19.2 Å². The number of ether oxygens (including phenoxy) is 1. The summed E-state index contributed by atoms with van der Waals surface area (Å²) >= 11 is 0. The lowest BCUT2D eigenvalue weighted by Gasteiger charge is -1.90. The molecule has 0 aliphatic carbocycles. The molecule has 0 saturated carbocycles. The van der Waals surface area contributed by atoms with Crippen molar-refractivity contribution in [3.63, 3.8) is 0 Å². The lowest BCUT2D eigenvalue weighted by atomic mass is 9.88. The highest BCUT2D eigenvalue weighted by Crippen LogP contribution is 2.06. The summed E-state index contributed by atoms with van der Waals surface area (Å²) in [5.74, 6) is -0.0666. The summed E-state index contributed by atoms with van der Waals surface area (Å²) in [7, 11) is -1.68. The second kappa shape index (κ2) is 3.22. The molecule has 6 heteroatoms. The Kier molecular flexibility index (Phi) is 2.30. The van der Waals surface area contributed by atoms with Gasteiger partial charge in [0.1, 0.15) is 5.66 Å². The number of carbonyl (C=O) groups excluding carboxylic acids is 1. The lowest BCUT2D eigenvalue weighted by Crippen LogP contribution is -2.27. The first-order chi connectivity index (χ1) is 5.24. The molecule has 0 spiro atoms. The van der Waals surface area contributed by atoms with E-state index in [1.54, 1.807) is 0 Å². The zero-order valence-corrected chi connectivity index (χ0v) is 5.43. The molecule has 0 amide bonds. The largest absolute Gasteiger partial charge is 0.526 e. The Hall–Kier alpha value is -1.27. The molecule has 1 aromatic rings. The maximum Gasteiger partial charge on any atom is 0.526 e. The van der Waals surface area contributed by atoms with Crippen molar-refractivity contribution in [3.8, 4) is 5.95 Å². The van der Waals surface area contributed by atoms with Gasteiger partial charge in [-0.2, -0.15) is 0 Å². The molecular formula is C5H5BO5. The highest BCUT2D eigenvalue weighted by atomic mass is 16.6. The van der Waals surface area contributed by atoms with Crippen LogP contribution in [0.5, 0.6) is 5.95 Å². The van der Waals surface area contributed by atoms with Gasteiger partial charge in [-0.1, -0.05) is 0 Å². The van der Waals surface area contributed by atoms with Gasteiger partial charge in [0, 0.05) is 6.07 Å². The van der Waals surface area contributed by atoms with Crippen LogP contribution in [0.1, 0.15) is 0 Å². The Morgan fingerprint density at radius 2 is 2.27 bits per heavy atom. The molecule has 0 radical (unpaired) electrons. The molecule has 1 aromatic heterocycles. The van der Waals surface area contributed by atoms with Crippen LogP contribution in [0.25, 0.3) is 0 Å². The molecule has 0 aliphatic rings. The van der Waals surface area contributed by atoms with Gasteiger partial charge in [-0.3, -0.25) is 4.79 Å². The van der Waals surface area contributed by atoms with Crippen LogP contribution in [0.3, 0.4) is 0 Å². The summed E-state index contributed by atoms with van der Waals surface area (Å²) in [5.41, 5.74) is -0.0677. The molecule has 11 heavy (non-hydrogen) atoms. The standard InChI is InChI=1S/C5H5BO5/c7-3-10-5-2-1-4(11-5)6(8)9/h1-3,8-9H. The minimum Gasteiger partial charge on any atom is -0.434 e. The summed E-state index contributed by atoms with van der Waals surface area (Å²) < 4.78 is 8.90. The van der Waals surface area contributed by atoms with Crippen molar-refractivity contribution in [2.24, 2.45) is 0 Å². The van der Waals surface area contributed by atoms with Crippen LogP contribution in [0.2, 0.25) is 0 Å². The maximum absolute atomic E-state index is 9.75. The summed E-state index contributed by atoms with van der Waals surface area (Å²) in [6, 6.07) is 2.60. The molecule has 0 bridgehead atoms. The zero-order chi connectivity index (χ0) is 8.27. The number of hydrogen-bond donors (Lipinski definition) is 2. The molecular weight excluding hydrogens is 151 g/mol. The average molecular weight is 156 g/mol. The van der Waals surface area contributed by atoms with E-state index in [0.717, 1.165) is 0 Å². The van der Waals surface area contributed by atoms with Crippen LogP contribution >= 0.6 is 0 Å². The average Bonchev–Trinajstić information content (AvgIpc) is 2.37. The minimum absolute atomic E-state index is 0.0666. The summed E-state index contributed by atoms with van der Waals surface area (Å²) in [6.07, 6.45) is 0. The van der Waals surface area contributed by atoms with E-state index < -0.39 is 7.12 Å². The Morgan fingerprint density at radius 3 is 2.73 bits per heavy atom. The van der Waals surface area contributed by atoms with Crippen LogP contribution < -0.4 is 10.4 Å². The molecule has 0 fully saturated rings. The van der Waals surface area contributed by atoms with Gasteiger partial charge in [-0.15, -0.1) is 0 Å². The van der Waals surface area contributed by atoms with Crippen LogP contribution in [-0.4, -0.2) is 23.6 Å². The van der Waals surface area contributed by atoms with Crippen LogP contribution in [0.15, 0.2) is 16.5 Å². The number of rotatable bonds is 3. The fourth-order valence-corrected chi connectivity index (χ4v) is 0.584. The van der Waals surface area contributed by atoms with Crippen LogP contribution in [0, 0.1) is 0 Å². The maximum atomic E-state index is 9.75. The molecule has 1 heterocycles. The van der Waals surface area contributed by atoms with Gasteiger partial charge in [-0.25, -0.2) is 0 Å². The molecule has 0 atom stereocenters. The van der Waals surface area contributed by atoms with E-state index in [0.29, 0.717) is 0 Å². The third kappa shape index (κ3) is 1.82. The first-order valence-corrected chi connectivity index (χ1v) is 2.80. The first kappa shape index (κ1) is 7.84. The molecule has 0 saturated heterocycles. The Bertz CT molecular complexity index is 243. The fraction of sp³-hybridized carbons (Fsp3) is 0. The van der Waals surface area contributed by atoms with Gasteiger partial charge in [-0.05, 0) is 6.07 Å². The monoisotopic (exact) mass is 156 g/mol. The fourth-order valence-electron chi connectivity index (χ4n) is 0.584. The highest BCUT2D eigenvalue weighted by Gasteiger charge is 2.16. The van der Waals surface area contributed by atoms with E-state index in [-0.39, 0.29) is 18.1 Å². The Balaban J connectivity index is 2.73. The van der Waals surface area contributed by atoms with Crippen molar-refractivity contribution in [2.45, 2.75) is 0 Å². The van der Waals surface area contributed by atoms with Crippen molar-refractivity contribution < 1.29 is 24.0 Å². The lowest BCUT2D eigenvalue weighted by molar-refractivity contribution is -0.121. The highest BCUT2D eigenvalue weighted by molar-refractivity contribution is 6.57. The smallest absolute Gasteiger partial charge is 0.434 e. The van der Waals surface area contributed by atoms with Crippen molar-refractivity contribution in [1.29, 1.82) is 0 Å². The molecule has 1 rings (SSSR count). The van der Waals surface area contributed by atoms with E-state index in [9.17, 15) is 4.79 Å². The van der Waals surface area contributed by atoms with Gasteiger partial charge in [0.2, 0.25) is 0 Å².